The number of nitrogens with one attached hydrogen (secondary N) is 1. The van der Waals surface area contributed by atoms with Gasteiger partial charge < -0.3 is 5.32 Å². The second kappa shape index (κ2) is 7.69. The van der Waals surface area contributed by atoms with E-state index >= 15 is 0 Å². The molecule has 0 unspecified atom stereocenters. The van der Waals surface area contributed by atoms with Crippen LogP contribution in [0, 0.1) is 5.92 Å². The van der Waals surface area contributed by atoms with E-state index in [0.717, 1.165) is 10.9 Å². The normalized spacial score (nSPS) is 16.1. The first-order chi connectivity index (χ1) is 13.5. The summed E-state index contributed by atoms with van der Waals surface area (Å²) < 4.78 is 26.9. The van der Waals surface area contributed by atoms with Gasteiger partial charge >= 0.3 is 0 Å². The molecule has 2 heterocycles. The fraction of sp³-hybridized carbons (Fsp3) is 0.238. The van der Waals surface area contributed by atoms with Crippen molar-refractivity contribution in [3.63, 3.8) is 0 Å². The van der Waals surface area contributed by atoms with Crippen LogP contribution >= 0.6 is 0 Å². The Morgan fingerprint density at radius 3 is 2.43 bits per heavy atom. The van der Waals surface area contributed by atoms with E-state index in [4.69, 9.17) is 0 Å². The smallest absolute Gasteiger partial charge is 0.243 e. The number of anilines is 1. The van der Waals surface area contributed by atoms with Crippen LogP contribution in [0.15, 0.2) is 71.8 Å². The van der Waals surface area contributed by atoms with Crippen LogP contribution in [-0.4, -0.2) is 36.7 Å². The van der Waals surface area contributed by atoms with Crippen LogP contribution in [0.4, 0.5) is 5.69 Å². The number of rotatable bonds is 4. The molecule has 0 spiro atoms. The highest BCUT2D eigenvalue weighted by Crippen LogP contribution is 2.25. The van der Waals surface area contributed by atoms with E-state index in [-0.39, 0.29) is 11.8 Å². The van der Waals surface area contributed by atoms with Crippen LogP contribution in [0.1, 0.15) is 12.8 Å². The average Bonchev–Trinajstić information content (AvgIpc) is 2.74. The fourth-order valence-corrected chi connectivity index (χ4v) is 4.97. The Balaban J connectivity index is 1.39. The molecule has 1 aliphatic rings. The lowest BCUT2D eigenvalue weighted by molar-refractivity contribution is -0.120. The van der Waals surface area contributed by atoms with E-state index in [1.54, 1.807) is 36.5 Å². The molecule has 1 aromatic heterocycles. The number of aromatic nitrogens is 1. The van der Waals surface area contributed by atoms with Crippen molar-refractivity contribution in [2.24, 2.45) is 5.92 Å². The van der Waals surface area contributed by atoms with Crippen molar-refractivity contribution in [3.8, 4) is 0 Å². The largest absolute Gasteiger partial charge is 0.324 e. The van der Waals surface area contributed by atoms with E-state index in [0.29, 0.717) is 36.5 Å². The number of carbonyl (C=O) groups is 1. The molecule has 144 valence electrons. The van der Waals surface area contributed by atoms with Gasteiger partial charge in [0.25, 0.3) is 0 Å². The third-order valence-electron chi connectivity index (χ3n) is 5.06. The molecule has 0 saturated carbocycles. The first kappa shape index (κ1) is 18.6. The van der Waals surface area contributed by atoms with Crippen LogP contribution in [0.5, 0.6) is 0 Å². The van der Waals surface area contributed by atoms with Crippen molar-refractivity contribution in [2.45, 2.75) is 17.7 Å². The van der Waals surface area contributed by atoms with E-state index in [1.807, 2.05) is 30.3 Å². The van der Waals surface area contributed by atoms with Crippen molar-refractivity contribution in [3.05, 3.63) is 66.9 Å². The molecule has 28 heavy (non-hydrogen) atoms. The number of pyridine rings is 1. The Morgan fingerprint density at radius 1 is 1.00 bits per heavy atom. The molecule has 2 aromatic carbocycles. The summed E-state index contributed by atoms with van der Waals surface area (Å²) >= 11 is 0. The molecule has 1 aliphatic heterocycles. The standard InChI is InChI=1S/C21H21N3O3S/c25-21(23-18-14-17-6-4-5-9-20(17)22-15-18)16-10-12-24(13-11-16)28(26,27)19-7-2-1-3-8-19/h1-9,14-16H,10-13H2,(H,23,25). The zero-order valence-corrected chi connectivity index (χ0v) is 16.1. The van der Waals surface area contributed by atoms with Crippen LogP contribution in [0.2, 0.25) is 0 Å². The summed E-state index contributed by atoms with van der Waals surface area (Å²) in [7, 11) is -3.50. The second-order valence-corrected chi connectivity index (χ2v) is 8.84. The molecule has 1 N–H and O–H groups in total. The third kappa shape index (κ3) is 3.76. The predicted molar refractivity (Wildman–Crippen MR) is 108 cm³/mol. The quantitative estimate of drug-likeness (QED) is 0.735. The fourth-order valence-electron chi connectivity index (χ4n) is 3.48. The molecule has 4 rings (SSSR count). The summed E-state index contributed by atoms with van der Waals surface area (Å²) in [4.78, 5) is 17.3. The molecular formula is C21H21N3O3S. The lowest BCUT2D eigenvalue weighted by Gasteiger charge is -2.30. The van der Waals surface area contributed by atoms with Crippen molar-refractivity contribution in [1.29, 1.82) is 0 Å². The van der Waals surface area contributed by atoms with E-state index in [1.165, 1.54) is 4.31 Å². The number of piperidine rings is 1. The Bertz CT molecular complexity index is 1090. The van der Waals surface area contributed by atoms with E-state index < -0.39 is 10.0 Å². The van der Waals surface area contributed by atoms with Gasteiger partial charge in [-0.05, 0) is 37.1 Å². The van der Waals surface area contributed by atoms with Gasteiger partial charge in [-0.2, -0.15) is 4.31 Å². The molecular weight excluding hydrogens is 374 g/mol. The Labute approximate surface area is 164 Å². The van der Waals surface area contributed by atoms with Gasteiger partial charge in [0.1, 0.15) is 0 Å². The van der Waals surface area contributed by atoms with Crippen LogP contribution in [-0.2, 0) is 14.8 Å². The summed E-state index contributed by atoms with van der Waals surface area (Å²) in [5.74, 6) is -0.303. The number of benzene rings is 2. The second-order valence-electron chi connectivity index (χ2n) is 6.90. The summed E-state index contributed by atoms with van der Waals surface area (Å²) in [6, 6.07) is 18.0. The van der Waals surface area contributed by atoms with E-state index in [9.17, 15) is 13.2 Å². The Kier molecular flexibility index (Phi) is 5.11. The highest BCUT2D eigenvalue weighted by atomic mass is 32.2. The monoisotopic (exact) mass is 395 g/mol. The van der Waals surface area contributed by atoms with Crippen LogP contribution < -0.4 is 5.32 Å². The maximum absolute atomic E-state index is 12.7. The van der Waals surface area contributed by atoms with Crippen molar-refractivity contribution in [1.82, 2.24) is 9.29 Å². The topological polar surface area (TPSA) is 79.4 Å². The molecule has 7 heteroatoms. The number of amides is 1. The number of fused-ring (bicyclic) bond motifs is 1. The highest BCUT2D eigenvalue weighted by molar-refractivity contribution is 7.89. The minimum atomic E-state index is -3.50. The van der Waals surface area contributed by atoms with E-state index in [2.05, 4.69) is 10.3 Å². The van der Waals surface area contributed by atoms with Gasteiger partial charge in [-0.1, -0.05) is 36.4 Å². The molecule has 0 radical (unpaired) electrons. The highest BCUT2D eigenvalue weighted by Gasteiger charge is 2.32. The van der Waals surface area contributed by atoms with Crippen molar-refractivity contribution < 1.29 is 13.2 Å². The molecule has 0 atom stereocenters. The van der Waals surface area contributed by atoms with Crippen LogP contribution in [0.25, 0.3) is 10.9 Å². The van der Waals surface area contributed by atoms with Gasteiger partial charge in [-0.15, -0.1) is 0 Å². The SMILES string of the molecule is O=C(Nc1cnc2ccccc2c1)C1CCN(S(=O)(=O)c2ccccc2)CC1. The van der Waals surface area contributed by atoms with Crippen molar-refractivity contribution >= 4 is 32.5 Å². The molecule has 1 amide bonds. The maximum atomic E-state index is 12.7. The van der Waals surface area contributed by atoms with Gasteiger partial charge in [-0.25, -0.2) is 8.42 Å². The van der Waals surface area contributed by atoms with Gasteiger partial charge in [0, 0.05) is 24.4 Å². The molecule has 6 nitrogen and oxygen atoms in total. The molecule has 1 saturated heterocycles. The summed E-state index contributed by atoms with van der Waals surface area (Å²) in [6.07, 6.45) is 2.65. The molecule has 1 fully saturated rings. The number of para-hydroxylation sites is 1. The number of hydrogen-bond acceptors (Lipinski definition) is 4. The summed E-state index contributed by atoms with van der Waals surface area (Å²) in [5, 5.41) is 3.88. The summed E-state index contributed by atoms with van der Waals surface area (Å²) in [5.41, 5.74) is 1.53. The number of sulfonamides is 1. The minimum Gasteiger partial charge on any atom is -0.324 e. The number of nitrogens with zero attached hydrogens (tertiary/aromatic N) is 2. The van der Waals surface area contributed by atoms with Gasteiger partial charge in [0.2, 0.25) is 15.9 Å². The van der Waals surface area contributed by atoms with Crippen molar-refractivity contribution in [2.75, 3.05) is 18.4 Å². The zero-order valence-electron chi connectivity index (χ0n) is 15.3. The zero-order chi connectivity index (χ0) is 19.6. The lowest BCUT2D eigenvalue weighted by atomic mass is 9.97. The minimum absolute atomic E-state index is 0.0890. The van der Waals surface area contributed by atoms with Crippen LogP contribution in [0.3, 0.4) is 0 Å². The molecule has 0 bridgehead atoms. The predicted octanol–water partition coefficient (Wildman–Crippen LogP) is 3.27. The van der Waals surface area contributed by atoms with Gasteiger partial charge in [-0.3, -0.25) is 9.78 Å². The Morgan fingerprint density at radius 2 is 1.68 bits per heavy atom. The third-order valence-corrected chi connectivity index (χ3v) is 6.98. The summed E-state index contributed by atoms with van der Waals surface area (Å²) in [6.45, 7) is 0.677. The Hall–Kier alpha value is -2.77. The molecule has 0 aliphatic carbocycles. The molecule has 3 aromatic rings. The number of hydrogen-bond donors (Lipinski definition) is 1. The van der Waals surface area contributed by atoms with Gasteiger partial charge in [0.15, 0.2) is 0 Å². The first-order valence-electron chi connectivity index (χ1n) is 9.25. The number of carbonyl (C=O) groups excluding carboxylic acids is 1. The average molecular weight is 395 g/mol. The maximum Gasteiger partial charge on any atom is 0.243 e. The van der Waals surface area contributed by atoms with Gasteiger partial charge in [0.05, 0.1) is 22.3 Å². The lowest BCUT2D eigenvalue weighted by Crippen LogP contribution is -2.41. The first-order valence-corrected chi connectivity index (χ1v) is 10.7.